The number of benzene rings is 1. The third-order valence-corrected chi connectivity index (χ3v) is 2.09. The smallest absolute Gasteiger partial charge is 0.324 e. The SMILES string of the molecule is CC(N)c1cc([N+](=O)[O-])cc(C(F)(F)F)c1F. The van der Waals surface area contributed by atoms with Crippen LogP contribution in [0.5, 0.6) is 0 Å². The van der Waals surface area contributed by atoms with Crippen LogP contribution in [0.2, 0.25) is 0 Å². The number of hydrogen-bond acceptors (Lipinski definition) is 3. The van der Waals surface area contributed by atoms with Crippen molar-refractivity contribution in [2.45, 2.75) is 19.1 Å². The van der Waals surface area contributed by atoms with Gasteiger partial charge in [-0.15, -0.1) is 0 Å². The lowest BCUT2D eigenvalue weighted by Gasteiger charge is -2.13. The molecule has 0 bridgehead atoms. The van der Waals surface area contributed by atoms with E-state index in [0.717, 1.165) is 0 Å². The normalized spacial score (nSPS) is 13.5. The van der Waals surface area contributed by atoms with Crippen LogP contribution in [0.25, 0.3) is 0 Å². The van der Waals surface area contributed by atoms with Crippen LogP contribution in [0.15, 0.2) is 12.1 Å². The number of nitro groups is 1. The van der Waals surface area contributed by atoms with Gasteiger partial charge in [-0.25, -0.2) is 4.39 Å². The Morgan fingerprint density at radius 1 is 1.41 bits per heavy atom. The van der Waals surface area contributed by atoms with Gasteiger partial charge in [0.2, 0.25) is 0 Å². The van der Waals surface area contributed by atoms with Gasteiger partial charge < -0.3 is 5.73 Å². The Hall–Kier alpha value is -1.70. The molecule has 0 saturated carbocycles. The standard InChI is InChI=1S/C9H8F4N2O2/c1-4(14)6-2-5(15(16)17)3-7(8(6)10)9(11,12)13/h2-4H,14H2,1H3. The third kappa shape index (κ3) is 2.70. The summed E-state index contributed by atoms with van der Waals surface area (Å²) in [5, 5.41) is 10.4. The number of nitro benzene ring substituents is 1. The monoisotopic (exact) mass is 252 g/mol. The van der Waals surface area contributed by atoms with Gasteiger partial charge in [-0.2, -0.15) is 13.2 Å². The molecular formula is C9H8F4N2O2. The molecule has 0 aliphatic heterocycles. The number of alkyl halides is 3. The molecule has 4 nitrogen and oxygen atoms in total. The Labute approximate surface area is 93.2 Å². The summed E-state index contributed by atoms with van der Waals surface area (Å²) in [5.74, 6) is -1.57. The molecule has 0 amide bonds. The summed E-state index contributed by atoms with van der Waals surface area (Å²) < 4.78 is 50.7. The molecule has 0 aromatic heterocycles. The Kier molecular flexibility index (Phi) is 3.37. The van der Waals surface area contributed by atoms with Crippen LogP contribution in [-0.2, 0) is 6.18 Å². The average Bonchev–Trinajstić information content (AvgIpc) is 2.15. The fourth-order valence-electron chi connectivity index (χ4n) is 1.27. The summed E-state index contributed by atoms with van der Waals surface area (Å²) in [6.45, 7) is 1.24. The average molecular weight is 252 g/mol. The lowest BCUT2D eigenvalue weighted by molar-refractivity contribution is -0.385. The second kappa shape index (κ2) is 4.28. The largest absolute Gasteiger partial charge is 0.419 e. The predicted octanol–water partition coefficient (Wildman–Crippen LogP) is 2.77. The number of nitrogens with zero attached hydrogens (tertiary/aromatic N) is 1. The van der Waals surface area contributed by atoms with E-state index >= 15 is 0 Å². The highest BCUT2D eigenvalue weighted by molar-refractivity contribution is 5.42. The Balaban J connectivity index is 3.55. The van der Waals surface area contributed by atoms with Crippen LogP contribution in [0.1, 0.15) is 24.1 Å². The van der Waals surface area contributed by atoms with Crippen molar-refractivity contribution >= 4 is 5.69 Å². The zero-order valence-corrected chi connectivity index (χ0v) is 8.58. The maximum Gasteiger partial charge on any atom is 0.419 e. The quantitative estimate of drug-likeness (QED) is 0.499. The van der Waals surface area contributed by atoms with Crippen LogP contribution in [0.3, 0.4) is 0 Å². The van der Waals surface area contributed by atoms with Gasteiger partial charge >= 0.3 is 6.18 Å². The van der Waals surface area contributed by atoms with Crippen molar-refractivity contribution in [2.24, 2.45) is 5.73 Å². The fraction of sp³-hybridized carbons (Fsp3) is 0.333. The van der Waals surface area contributed by atoms with Gasteiger partial charge in [-0.1, -0.05) is 0 Å². The Morgan fingerprint density at radius 2 is 1.94 bits per heavy atom. The van der Waals surface area contributed by atoms with Gasteiger partial charge in [0, 0.05) is 23.7 Å². The van der Waals surface area contributed by atoms with Gasteiger partial charge in [0.05, 0.1) is 10.5 Å². The van der Waals surface area contributed by atoms with E-state index in [4.69, 9.17) is 5.73 Å². The molecule has 0 fully saturated rings. The highest BCUT2D eigenvalue weighted by Crippen LogP contribution is 2.36. The molecule has 2 N–H and O–H groups in total. The number of non-ortho nitro benzene ring substituents is 1. The van der Waals surface area contributed by atoms with E-state index in [1.165, 1.54) is 6.92 Å². The third-order valence-electron chi connectivity index (χ3n) is 2.09. The maximum absolute atomic E-state index is 13.4. The van der Waals surface area contributed by atoms with Gasteiger partial charge in [0.15, 0.2) is 0 Å². The van der Waals surface area contributed by atoms with E-state index in [1.807, 2.05) is 0 Å². The van der Waals surface area contributed by atoms with Crippen molar-refractivity contribution in [2.75, 3.05) is 0 Å². The van der Waals surface area contributed by atoms with E-state index in [0.29, 0.717) is 6.07 Å². The molecule has 1 aromatic rings. The summed E-state index contributed by atoms with van der Waals surface area (Å²) in [7, 11) is 0. The van der Waals surface area contributed by atoms with Crippen molar-refractivity contribution in [1.82, 2.24) is 0 Å². The summed E-state index contributed by atoms with van der Waals surface area (Å²) in [6.07, 6.45) is -5.00. The summed E-state index contributed by atoms with van der Waals surface area (Å²) in [6, 6.07) is -0.216. The molecule has 94 valence electrons. The molecule has 8 heteroatoms. The first-order chi connectivity index (χ1) is 7.64. The highest BCUT2D eigenvalue weighted by atomic mass is 19.4. The molecular weight excluding hydrogens is 244 g/mol. The van der Waals surface area contributed by atoms with E-state index < -0.39 is 39.8 Å². The molecule has 1 rings (SSSR count). The lowest BCUT2D eigenvalue weighted by Crippen LogP contribution is -2.15. The Morgan fingerprint density at radius 3 is 2.29 bits per heavy atom. The minimum absolute atomic E-state index is 0.154. The predicted molar refractivity (Wildman–Crippen MR) is 50.7 cm³/mol. The van der Waals surface area contributed by atoms with Crippen molar-refractivity contribution in [3.63, 3.8) is 0 Å². The number of nitrogens with two attached hydrogens (primary N) is 1. The second-order valence-corrected chi connectivity index (χ2v) is 3.44. The molecule has 0 spiro atoms. The van der Waals surface area contributed by atoms with Crippen LogP contribution >= 0.6 is 0 Å². The first kappa shape index (κ1) is 13.4. The minimum Gasteiger partial charge on any atom is -0.324 e. The number of hydrogen-bond donors (Lipinski definition) is 1. The first-order valence-corrected chi connectivity index (χ1v) is 4.45. The molecule has 0 radical (unpaired) electrons. The number of rotatable bonds is 2. The maximum atomic E-state index is 13.4. The van der Waals surface area contributed by atoms with Gasteiger partial charge in [-0.3, -0.25) is 10.1 Å². The van der Waals surface area contributed by atoms with E-state index in [-0.39, 0.29) is 6.07 Å². The topological polar surface area (TPSA) is 69.2 Å². The van der Waals surface area contributed by atoms with Crippen LogP contribution in [0, 0.1) is 15.9 Å². The molecule has 1 unspecified atom stereocenters. The van der Waals surface area contributed by atoms with Crippen molar-refractivity contribution < 1.29 is 22.5 Å². The van der Waals surface area contributed by atoms with Crippen molar-refractivity contribution in [3.05, 3.63) is 39.2 Å². The molecule has 0 saturated heterocycles. The zero-order valence-electron chi connectivity index (χ0n) is 8.58. The zero-order chi connectivity index (χ0) is 13.4. The molecule has 0 aliphatic rings. The molecule has 0 heterocycles. The van der Waals surface area contributed by atoms with E-state index in [2.05, 4.69) is 0 Å². The molecule has 17 heavy (non-hydrogen) atoms. The molecule has 0 aliphatic carbocycles. The van der Waals surface area contributed by atoms with Crippen LogP contribution in [0.4, 0.5) is 23.2 Å². The summed E-state index contributed by atoms with van der Waals surface area (Å²) in [4.78, 5) is 9.41. The molecule has 1 atom stereocenters. The van der Waals surface area contributed by atoms with Crippen molar-refractivity contribution in [1.29, 1.82) is 0 Å². The van der Waals surface area contributed by atoms with Crippen molar-refractivity contribution in [3.8, 4) is 0 Å². The minimum atomic E-state index is -5.00. The van der Waals surface area contributed by atoms with Gasteiger partial charge in [-0.05, 0) is 6.92 Å². The summed E-state index contributed by atoms with van der Waals surface area (Å²) >= 11 is 0. The van der Waals surface area contributed by atoms with Crippen LogP contribution < -0.4 is 5.73 Å². The number of halogens is 4. The van der Waals surface area contributed by atoms with Gasteiger partial charge in [0.1, 0.15) is 5.82 Å². The summed E-state index contributed by atoms with van der Waals surface area (Å²) in [5.41, 5.74) is 2.21. The van der Waals surface area contributed by atoms with E-state index in [9.17, 15) is 27.7 Å². The fourth-order valence-corrected chi connectivity index (χ4v) is 1.27. The second-order valence-electron chi connectivity index (χ2n) is 3.44. The first-order valence-electron chi connectivity index (χ1n) is 4.45. The lowest BCUT2D eigenvalue weighted by atomic mass is 10.0. The highest BCUT2D eigenvalue weighted by Gasteiger charge is 2.37. The van der Waals surface area contributed by atoms with E-state index in [1.54, 1.807) is 0 Å². The Bertz CT molecular complexity index is 457. The van der Waals surface area contributed by atoms with Crippen LogP contribution in [-0.4, -0.2) is 4.92 Å². The van der Waals surface area contributed by atoms with Gasteiger partial charge in [0.25, 0.3) is 5.69 Å². The molecule has 1 aromatic carbocycles.